The molecule has 7 heteroatoms. The van der Waals surface area contributed by atoms with Crippen LogP contribution in [0.15, 0.2) is 92.7 Å². The summed E-state index contributed by atoms with van der Waals surface area (Å²) in [5, 5.41) is 0.490. The van der Waals surface area contributed by atoms with Crippen LogP contribution in [-0.4, -0.2) is 34.7 Å². The molecule has 3 aromatic carbocycles. The Morgan fingerprint density at radius 1 is 0.921 bits per heavy atom. The molecular weight excluding hydrogens is 544 g/mol. The van der Waals surface area contributed by atoms with Crippen molar-refractivity contribution < 1.29 is 14.0 Å². The first-order valence-electron chi connectivity index (χ1n) is 12.7. The van der Waals surface area contributed by atoms with Crippen molar-refractivity contribution in [1.29, 1.82) is 0 Å². The van der Waals surface area contributed by atoms with Crippen molar-refractivity contribution in [3.05, 3.63) is 116 Å². The van der Waals surface area contributed by atoms with Gasteiger partial charge in [0.05, 0.1) is 23.8 Å². The number of carbonyl (C=O) groups is 2. The molecule has 0 radical (unpaired) electrons. The van der Waals surface area contributed by atoms with E-state index in [1.54, 1.807) is 40.1 Å². The number of carbonyl (C=O) groups excluding carboxylic acids is 2. The number of rotatable bonds is 10. The molecule has 4 aromatic rings. The summed E-state index contributed by atoms with van der Waals surface area (Å²) in [6.07, 6.45) is 3.10. The number of hydrogen-bond acceptors (Lipinski definition) is 4. The van der Waals surface area contributed by atoms with Gasteiger partial charge in [-0.15, -0.1) is 0 Å². The van der Waals surface area contributed by atoms with Crippen LogP contribution in [0.1, 0.15) is 46.8 Å². The maximum absolute atomic E-state index is 13.7. The van der Waals surface area contributed by atoms with E-state index < -0.39 is 0 Å². The number of halogens is 1. The van der Waals surface area contributed by atoms with E-state index in [0.29, 0.717) is 35.2 Å². The second-order valence-corrected chi connectivity index (χ2v) is 10.3. The van der Waals surface area contributed by atoms with Crippen molar-refractivity contribution in [2.24, 2.45) is 0 Å². The minimum atomic E-state index is -0.239. The molecule has 0 bridgehead atoms. The maximum Gasteiger partial charge on any atom is 0.254 e. The minimum Gasteiger partial charge on any atom is -0.464 e. The van der Waals surface area contributed by atoms with Crippen molar-refractivity contribution >= 4 is 38.7 Å². The molecule has 0 atom stereocenters. The Hall–Kier alpha value is -3.71. The van der Waals surface area contributed by atoms with E-state index in [1.807, 2.05) is 56.3 Å². The van der Waals surface area contributed by atoms with Crippen LogP contribution in [0.5, 0.6) is 0 Å². The lowest BCUT2D eigenvalue weighted by Crippen LogP contribution is -2.43. The van der Waals surface area contributed by atoms with Crippen LogP contribution in [-0.2, 0) is 17.9 Å². The van der Waals surface area contributed by atoms with Gasteiger partial charge in [0.25, 0.3) is 5.91 Å². The number of nitrogens with zero attached hydrogens (tertiary/aromatic N) is 2. The summed E-state index contributed by atoms with van der Waals surface area (Å²) in [7, 11) is 0. The maximum atomic E-state index is 13.7. The topological polar surface area (TPSA) is 70.8 Å². The van der Waals surface area contributed by atoms with Crippen LogP contribution in [0.3, 0.4) is 0 Å². The van der Waals surface area contributed by atoms with E-state index >= 15 is 0 Å². The van der Waals surface area contributed by atoms with Crippen molar-refractivity contribution in [1.82, 2.24) is 9.80 Å². The number of unbranched alkanes of at least 4 members (excludes halogenated alkanes) is 1. The van der Waals surface area contributed by atoms with Gasteiger partial charge in [-0.3, -0.25) is 14.4 Å². The summed E-state index contributed by atoms with van der Waals surface area (Å²) in [6.45, 7) is 4.72. The monoisotopic (exact) mass is 574 g/mol. The highest BCUT2D eigenvalue weighted by Crippen LogP contribution is 2.17. The van der Waals surface area contributed by atoms with E-state index in [-0.39, 0.29) is 30.3 Å². The summed E-state index contributed by atoms with van der Waals surface area (Å²) in [6, 6.07) is 22.3. The standard InChI is InChI=1S/C31H31BrN2O4/c1-3-4-15-33(31(37)24-11-8-12-26(32)17-24)20-29(35)34(18-23-9-6-5-7-10-23)19-25-21-38-28-14-13-22(2)16-27(28)30(25)36/h5-14,16-17,21H,3-4,15,18-20H2,1-2H3. The predicted octanol–water partition coefficient (Wildman–Crippen LogP) is 6.34. The molecule has 0 N–H and O–H groups in total. The zero-order chi connectivity index (χ0) is 27.1. The third kappa shape index (κ3) is 6.78. The number of aryl methyl sites for hydroxylation is 1. The molecule has 0 fully saturated rings. The molecule has 0 saturated carbocycles. The molecule has 0 aliphatic carbocycles. The van der Waals surface area contributed by atoms with Gasteiger partial charge < -0.3 is 14.2 Å². The van der Waals surface area contributed by atoms with Gasteiger partial charge >= 0.3 is 0 Å². The molecule has 1 heterocycles. The molecule has 196 valence electrons. The Labute approximate surface area is 231 Å². The summed E-state index contributed by atoms with van der Waals surface area (Å²) < 4.78 is 6.54. The fourth-order valence-electron chi connectivity index (χ4n) is 4.30. The Kier molecular flexibility index (Phi) is 9.13. The van der Waals surface area contributed by atoms with Gasteiger partial charge in [0.1, 0.15) is 12.1 Å². The third-order valence-corrected chi connectivity index (χ3v) is 6.89. The largest absolute Gasteiger partial charge is 0.464 e. The molecule has 38 heavy (non-hydrogen) atoms. The van der Waals surface area contributed by atoms with E-state index in [2.05, 4.69) is 15.9 Å². The molecule has 0 unspecified atom stereocenters. The van der Waals surface area contributed by atoms with Gasteiger partial charge in [0.15, 0.2) is 5.43 Å². The van der Waals surface area contributed by atoms with Gasteiger partial charge in [-0.05, 0) is 49.2 Å². The van der Waals surface area contributed by atoms with Crippen molar-refractivity contribution in [3.63, 3.8) is 0 Å². The lowest BCUT2D eigenvalue weighted by atomic mass is 10.1. The lowest BCUT2D eigenvalue weighted by molar-refractivity contribution is -0.133. The lowest BCUT2D eigenvalue weighted by Gasteiger charge is -2.28. The SMILES string of the molecule is CCCCN(CC(=O)N(Cc1ccccc1)Cc1coc2ccc(C)cc2c1=O)C(=O)c1cccc(Br)c1. The van der Waals surface area contributed by atoms with Crippen LogP contribution in [0.4, 0.5) is 0 Å². The van der Waals surface area contributed by atoms with Gasteiger partial charge in [0, 0.05) is 23.1 Å². The smallest absolute Gasteiger partial charge is 0.254 e. The summed E-state index contributed by atoms with van der Waals surface area (Å²) in [5.74, 6) is -0.439. The number of fused-ring (bicyclic) bond motifs is 1. The molecule has 1 aromatic heterocycles. The van der Waals surface area contributed by atoms with Crippen LogP contribution in [0.2, 0.25) is 0 Å². The average molecular weight is 576 g/mol. The summed E-state index contributed by atoms with van der Waals surface area (Å²) in [5.41, 5.74) is 3.15. The Bertz CT molecular complexity index is 1480. The molecular formula is C31H31BrN2O4. The van der Waals surface area contributed by atoms with Gasteiger partial charge in [-0.25, -0.2) is 0 Å². The van der Waals surface area contributed by atoms with Crippen molar-refractivity contribution in [3.8, 4) is 0 Å². The molecule has 4 rings (SSSR count). The van der Waals surface area contributed by atoms with Gasteiger partial charge in [0.2, 0.25) is 5.91 Å². The Morgan fingerprint density at radius 3 is 2.45 bits per heavy atom. The highest BCUT2D eigenvalue weighted by Gasteiger charge is 2.24. The first kappa shape index (κ1) is 27.3. The molecule has 6 nitrogen and oxygen atoms in total. The molecule has 0 saturated heterocycles. The predicted molar refractivity (Wildman–Crippen MR) is 153 cm³/mol. The second kappa shape index (κ2) is 12.7. The van der Waals surface area contributed by atoms with Crippen LogP contribution < -0.4 is 5.43 Å². The zero-order valence-electron chi connectivity index (χ0n) is 21.7. The van der Waals surface area contributed by atoms with Crippen LogP contribution >= 0.6 is 15.9 Å². The van der Waals surface area contributed by atoms with E-state index in [0.717, 1.165) is 28.4 Å². The molecule has 2 amide bonds. The van der Waals surface area contributed by atoms with Crippen molar-refractivity contribution in [2.75, 3.05) is 13.1 Å². The van der Waals surface area contributed by atoms with Crippen LogP contribution in [0, 0.1) is 6.92 Å². The third-order valence-electron chi connectivity index (χ3n) is 6.40. The number of benzene rings is 3. The van der Waals surface area contributed by atoms with E-state index in [9.17, 15) is 14.4 Å². The molecule has 0 spiro atoms. The molecule has 0 aliphatic rings. The van der Waals surface area contributed by atoms with Crippen molar-refractivity contribution in [2.45, 2.75) is 39.8 Å². The number of amides is 2. The zero-order valence-corrected chi connectivity index (χ0v) is 23.2. The first-order valence-corrected chi connectivity index (χ1v) is 13.5. The normalized spacial score (nSPS) is 10.9. The Morgan fingerprint density at radius 2 is 1.71 bits per heavy atom. The minimum absolute atomic E-state index is 0.0760. The average Bonchev–Trinajstić information content (AvgIpc) is 2.92. The highest BCUT2D eigenvalue weighted by molar-refractivity contribution is 9.10. The number of hydrogen-bond donors (Lipinski definition) is 0. The quantitative estimate of drug-likeness (QED) is 0.222. The fraction of sp³-hybridized carbons (Fsp3) is 0.258. The second-order valence-electron chi connectivity index (χ2n) is 9.42. The van der Waals surface area contributed by atoms with E-state index in [4.69, 9.17) is 4.42 Å². The van der Waals surface area contributed by atoms with E-state index in [1.165, 1.54) is 6.26 Å². The molecule has 0 aliphatic heterocycles. The first-order chi connectivity index (χ1) is 18.4. The van der Waals surface area contributed by atoms with Crippen LogP contribution in [0.25, 0.3) is 11.0 Å². The van der Waals surface area contributed by atoms with Gasteiger partial charge in [-0.1, -0.05) is 77.3 Å². The highest BCUT2D eigenvalue weighted by atomic mass is 79.9. The summed E-state index contributed by atoms with van der Waals surface area (Å²) in [4.78, 5) is 43.7. The fourth-order valence-corrected chi connectivity index (χ4v) is 4.70. The summed E-state index contributed by atoms with van der Waals surface area (Å²) >= 11 is 3.42. The Balaban J connectivity index is 1.63. The van der Waals surface area contributed by atoms with Gasteiger partial charge in [-0.2, -0.15) is 0 Å².